The van der Waals surface area contributed by atoms with Gasteiger partial charge >= 0.3 is 0 Å². The van der Waals surface area contributed by atoms with Gasteiger partial charge in [-0.25, -0.2) is 0 Å². The number of rotatable bonds is 5. The van der Waals surface area contributed by atoms with Gasteiger partial charge in [0.05, 0.1) is 17.7 Å². The molecule has 1 aromatic carbocycles. The Hall–Kier alpha value is -2.61. The van der Waals surface area contributed by atoms with Crippen LogP contribution in [-0.4, -0.2) is 73.5 Å². The zero-order valence-corrected chi connectivity index (χ0v) is 20.4. The number of hydrogen-bond donors (Lipinski definition) is 1. The number of ether oxygens (including phenoxy) is 2. The Morgan fingerprint density at radius 3 is 2.58 bits per heavy atom. The molecule has 1 aromatic rings. The number of carbonyl (C=O) groups is 3. The number of carbonyl (C=O) groups excluding carboxylic acids is 3. The molecule has 3 atom stereocenters. The first-order valence-corrected chi connectivity index (χ1v) is 11.9. The van der Waals surface area contributed by atoms with Gasteiger partial charge in [0.25, 0.3) is 5.91 Å². The van der Waals surface area contributed by atoms with Crippen molar-refractivity contribution >= 4 is 23.4 Å². The fourth-order valence-electron chi connectivity index (χ4n) is 4.14. The van der Waals surface area contributed by atoms with Crippen LogP contribution in [-0.2, 0) is 14.3 Å². The Balaban J connectivity index is 1.92. The van der Waals surface area contributed by atoms with Crippen LogP contribution in [0.4, 0.5) is 5.69 Å². The van der Waals surface area contributed by atoms with Crippen LogP contribution in [0, 0.1) is 11.8 Å². The Morgan fingerprint density at radius 1 is 1.21 bits per heavy atom. The predicted molar refractivity (Wildman–Crippen MR) is 126 cm³/mol. The minimum Gasteiger partial charge on any atom is -0.491 e. The summed E-state index contributed by atoms with van der Waals surface area (Å²) in [5.41, 5.74) is 0.918. The first-order valence-electron chi connectivity index (χ1n) is 11.9. The molecule has 0 aromatic heterocycles. The number of amides is 3. The summed E-state index contributed by atoms with van der Waals surface area (Å²) in [5, 5.41) is 2.80. The maximum atomic E-state index is 13.3. The molecule has 1 aliphatic heterocycles. The summed E-state index contributed by atoms with van der Waals surface area (Å²) >= 11 is 0. The maximum Gasteiger partial charge on any atom is 0.257 e. The molecule has 8 heteroatoms. The summed E-state index contributed by atoms with van der Waals surface area (Å²) in [5.74, 6) is 0.782. The van der Waals surface area contributed by atoms with Gasteiger partial charge in [-0.05, 0) is 43.9 Å². The molecular formula is C25H37N3O5. The molecule has 1 aliphatic carbocycles. The van der Waals surface area contributed by atoms with E-state index in [0.29, 0.717) is 48.8 Å². The highest BCUT2D eigenvalue weighted by Crippen LogP contribution is 2.33. The molecule has 0 saturated heterocycles. The van der Waals surface area contributed by atoms with E-state index < -0.39 is 0 Å². The van der Waals surface area contributed by atoms with Crippen LogP contribution in [0.3, 0.4) is 0 Å². The van der Waals surface area contributed by atoms with E-state index >= 15 is 0 Å². The zero-order chi connectivity index (χ0) is 24.1. The highest BCUT2D eigenvalue weighted by Gasteiger charge is 2.33. The van der Waals surface area contributed by atoms with Crippen molar-refractivity contribution in [3.63, 3.8) is 0 Å². The SMILES string of the molecule is CCC(=O)Nc1ccc2c(c1)C(=O)N(C)C[C@H](OC)[C@@H](C)CN(C(=O)CC1CC1)[C@@H](C)CO2. The molecular weight excluding hydrogens is 422 g/mol. The predicted octanol–water partition coefficient (Wildman–Crippen LogP) is 3.17. The molecule has 1 fully saturated rings. The molecule has 182 valence electrons. The highest BCUT2D eigenvalue weighted by molar-refractivity contribution is 5.99. The Morgan fingerprint density at radius 2 is 1.94 bits per heavy atom. The van der Waals surface area contributed by atoms with Gasteiger partial charge in [0, 0.05) is 51.7 Å². The van der Waals surface area contributed by atoms with E-state index in [-0.39, 0.29) is 42.4 Å². The first kappa shape index (κ1) is 25.0. The fraction of sp³-hybridized carbons (Fsp3) is 0.640. The van der Waals surface area contributed by atoms with Crippen LogP contribution in [0.5, 0.6) is 5.75 Å². The minimum atomic E-state index is -0.228. The van der Waals surface area contributed by atoms with Gasteiger partial charge < -0.3 is 24.6 Å². The number of benzene rings is 1. The van der Waals surface area contributed by atoms with Gasteiger partial charge in [0.2, 0.25) is 11.8 Å². The van der Waals surface area contributed by atoms with Gasteiger partial charge in [-0.3, -0.25) is 14.4 Å². The molecule has 33 heavy (non-hydrogen) atoms. The quantitative estimate of drug-likeness (QED) is 0.731. The molecule has 1 N–H and O–H groups in total. The summed E-state index contributed by atoms with van der Waals surface area (Å²) in [7, 11) is 3.37. The summed E-state index contributed by atoms with van der Waals surface area (Å²) < 4.78 is 11.8. The second-order valence-electron chi connectivity index (χ2n) is 9.40. The first-order chi connectivity index (χ1) is 15.7. The van der Waals surface area contributed by atoms with Gasteiger partial charge in [0.15, 0.2) is 0 Å². The van der Waals surface area contributed by atoms with Gasteiger partial charge in [-0.15, -0.1) is 0 Å². The van der Waals surface area contributed by atoms with Gasteiger partial charge in [-0.2, -0.15) is 0 Å². The standard InChI is InChI=1S/C25H37N3O5/c1-6-23(29)26-19-9-10-21-20(12-19)25(31)27(4)14-22(32-5)16(2)13-28(17(3)15-33-21)24(30)11-18-7-8-18/h9-10,12,16-18,22H,6-8,11,13-15H2,1-5H3,(H,26,29)/t16-,17-,22-/m0/s1. The molecule has 0 spiro atoms. The average molecular weight is 460 g/mol. The molecule has 1 heterocycles. The number of nitrogens with zero attached hydrogens (tertiary/aromatic N) is 2. The molecule has 0 unspecified atom stereocenters. The van der Waals surface area contributed by atoms with Crippen molar-refractivity contribution in [1.82, 2.24) is 9.80 Å². The summed E-state index contributed by atoms with van der Waals surface area (Å²) in [4.78, 5) is 41.8. The topological polar surface area (TPSA) is 88.2 Å². The van der Waals surface area contributed by atoms with Crippen LogP contribution in [0.25, 0.3) is 0 Å². The van der Waals surface area contributed by atoms with Crippen molar-refractivity contribution in [2.45, 2.75) is 58.6 Å². The molecule has 3 amide bonds. The largest absolute Gasteiger partial charge is 0.491 e. The molecule has 8 nitrogen and oxygen atoms in total. The van der Waals surface area contributed by atoms with Crippen LogP contribution in [0.15, 0.2) is 18.2 Å². The van der Waals surface area contributed by atoms with Crippen LogP contribution in [0.2, 0.25) is 0 Å². The lowest BCUT2D eigenvalue weighted by atomic mass is 10.0. The summed E-state index contributed by atoms with van der Waals surface area (Å²) in [6, 6.07) is 4.93. The normalized spacial score (nSPS) is 24.3. The van der Waals surface area contributed by atoms with Crippen molar-refractivity contribution < 1.29 is 23.9 Å². The van der Waals surface area contributed by atoms with Crippen molar-refractivity contribution in [3.8, 4) is 5.75 Å². The third-order valence-electron chi connectivity index (χ3n) is 6.53. The zero-order valence-electron chi connectivity index (χ0n) is 20.4. The van der Waals surface area contributed by atoms with Gasteiger partial charge in [0.1, 0.15) is 12.4 Å². The van der Waals surface area contributed by atoms with Crippen molar-refractivity contribution in [3.05, 3.63) is 23.8 Å². The Kier molecular flexibility index (Phi) is 8.35. The lowest BCUT2D eigenvalue weighted by Crippen LogP contribution is -2.48. The molecule has 0 radical (unpaired) electrons. The third kappa shape index (κ3) is 6.47. The molecule has 1 saturated carbocycles. The fourth-order valence-corrected chi connectivity index (χ4v) is 4.14. The number of methoxy groups -OCH3 is 1. The van der Waals surface area contributed by atoms with E-state index in [4.69, 9.17) is 9.47 Å². The van der Waals surface area contributed by atoms with Crippen molar-refractivity contribution in [2.75, 3.05) is 39.2 Å². The minimum absolute atomic E-state index is 0.0323. The number of anilines is 1. The van der Waals surface area contributed by atoms with E-state index in [0.717, 1.165) is 12.8 Å². The third-order valence-corrected chi connectivity index (χ3v) is 6.53. The van der Waals surface area contributed by atoms with E-state index in [2.05, 4.69) is 12.2 Å². The second-order valence-corrected chi connectivity index (χ2v) is 9.40. The summed E-state index contributed by atoms with van der Waals surface area (Å²) in [6.45, 7) is 7.00. The van der Waals surface area contributed by atoms with Crippen LogP contribution >= 0.6 is 0 Å². The average Bonchev–Trinajstić information content (AvgIpc) is 3.62. The van der Waals surface area contributed by atoms with Crippen LogP contribution < -0.4 is 10.1 Å². The number of likely N-dealkylation sites (N-methyl/N-ethyl adjacent to an activating group) is 1. The van der Waals surface area contributed by atoms with Crippen molar-refractivity contribution in [2.24, 2.45) is 11.8 Å². The van der Waals surface area contributed by atoms with E-state index in [9.17, 15) is 14.4 Å². The second kappa shape index (κ2) is 11.0. The number of hydrogen-bond acceptors (Lipinski definition) is 5. The Labute approximate surface area is 196 Å². The van der Waals surface area contributed by atoms with Gasteiger partial charge in [-0.1, -0.05) is 13.8 Å². The summed E-state index contributed by atoms with van der Waals surface area (Å²) in [6.07, 6.45) is 2.94. The lowest BCUT2D eigenvalue weighted by molar-refractivity contribution is -0.135. The van der Waals surface area contributed by atoms with Crippen LogP contribution in [0.1, 0.15) is 56.8 Å². The van der Waals surface area contributed by atoms with E-state index in [1.54, 1.807) is 44.2 Å². The Bertz CT molecular complexity index is 870. The molecule has 2 aliphatic rings. The van der Waals surface area contributed by atoms with E-state index in [1.165, 1.54) is 0 Å². The molecule has 3 rings (SSSR count). The number of fused-ring (bicyclic) bond motifs is 1. The maximum absolute atomic E-state index is 13.3. The van der Waals surface area contributed by atoms with E-state index in [1.807, 2.05) is 11.8 Å². The highest BCUT2D eigenvalue weighted by atomic mass is 16.5. The van der Waals surface area contributed by atoms with Crippen molar-refractivity contribution in [1.29, 1.82) is 0 Å². The molecule has 0 bridgehead atoms. The smallest absolute Gasteiger partial charge is 0.257 e. The lowest BCUT2D eigenvalue weighted by Gasteiger charge is -2.36. The number of nitrogens with one attached hydrogen (secondary N) is 1. The monoisotopic (exact) mass is 459 g/mol.